The van der Waals surface area contributed by atoms with Crippen LogP contribution in [0.3, 0.4) is 0 Å². The predicted octanol–water partition coefficient (Wildman–Crippen LogP) is 1.71. The van der Waals surface area contributed by atoms with Crippen molar-refractivity contribution < 1.29 is 37.5 Å². The van der Waals surface area contributed by atoms with Crippen molar-refractivity contribution in [1.29, 1.82) is 0 Å². The molecule has 10 heteroatoms. The highest BCUT2D eigenvalue weighted by Crippen LogP contribution is 2.21. The first-order valence-corrected chi connectivity index (χ1v) is 9.23. The number of carbonyl (C=O) groups excluding carboxylic acids is 2. The summed E-state index contributed by atoms with van der Waals surface area (Å²) in [6.45, 7) is 0.956. The van der Waals surface area contributed by atoms with Gasteiger partial charge >= 0.3 is 11.9 Å². The van der Waals surface area contributed by atoms with Crippen molar-refractivity contribution in [2.75, 3.05) is 26.2 Å². The zero-order valence-corrected chi connectivity index (χ0v) is 15.7. The Hall–Kier alpha value is -3.24. The van der Waals surface area contributed by atoms with Crippen LogP contribution in [0.2, 0.25) is 0 Å². The average Bonchev–Trinajstić information content (AvgIpc) is 2.64. The van der Waals surface area contributed by atoms with E-state index in [1.807, 2.05) is 0 Å². The largest absolute Gasteiger partial charge is 0.487 e. The molecule has 2 saturated heterocycles. The number of rotatable bonds is 6. The van der Waals surface area contributed by atoms with E-state index >= 15 is 0 Å². The van der Waals surface area contributed by atoms with Crippen molar-refractivity contribution in [2.45, 2.75) is 12.2 Å². The molecule has 2 heterocycles. The van der Waals surface area contributed by atoms with Crippen LogP contribution in [-0.4, -0.2) is 60.5 Å². The lowest BCUT2D eigenvalue weighted by Gasteiger charge is -2.38. The molecular formula is C20H18F2N2O6. The molecule has 158 valence electrons. The van der Waals surface area contributed by atoms with E-state index in [0.29, 0.717) is 11.5 Å². The maximum Gasteiger partial charge on any atom is 0.438 e. The fourth-order valence-corrected chi connectivity index (χ4v) is 2.87. The molecule has 0 aromatic heterocycles. The Morgan fingerprint density at radius 1 is 0.733 bits per heavy atom. The summed E-state index contributed by atoms with van der Waals surface area (Å²) in [6, 6.07) is 11.4. The van der Waals surface area contributed by atoms with Crippen molar-refractivity contribution in [2.24, 2.45) is 0 Å². The molecular weight excluding hydrogens is 402 g/mol. The van der Waals surface area contributed by atoms with Crippen molar-refractivity contribution in [3.8, 4) is 11.5 Å². The summed E-state index contributed by atoms with van der Waals surface area (Å²) in [5, 5.41) is 2.50. The van der Waals surface area contributed by atoms with Gasteiger partial charge in [0.05, 0.1) is 26.2 Å². The summed E-state index contributed by atoms with van der Waals surface area (Å²) >= 11 is 0. The molecule has 2 aromatic carbocycles. The summed E-state index contributed by atoms with van der Waals surface area (Å²) < 4.78 is 37.3. The first-order chi connectivity index (χ1) is 14.4. The van der Waals surface area contributed by atoms with Gasteiger partial charge in [0.15, 0.2) is 0 Å². The third kappa shape index (κ3) is 5.02. The third-order valence-corrected chi connectivity index (χ3v) is 4.42. The SMILES string of the molecule is O=C(ON1CC(Oc2cccc(F)c2)C1)C(=O)ON1CC(Oc2cccc(F)c2)C1. The molecule has 0 N–H and O–H groups in total. The highest BCUT2D eigenvalue weighted by Gasteiger charge is 2.37. The van der Waals surface area contributed by atoms with Gasteiger partial charge in [-0.25, -0.2) is 18.4 Å². The second-order valence-corrected chi connectivity index (χ2v) is 6.85. The van der Waals surface area contributed by atoms with Gasteiger partial charge in [-0.15, -0.1) is 10.1 Å². The second kappa shape index (κ2) is 8.64. The second-order valence-electron chi connectivity index (χ2n) is 6.85. The molecule has 2 aliphatic rings. The monoisotopic (exact) mass is 420 g/mol. The van der Waals surface area contributed by atoms with Gasteiger partial charge in [-0.3, -0.25) is 0 Å². The fourth-order valence-electron chi connectivity index (χ4n) is 2.87. The Morgan fingerprint density at radius 2 is 1.13 bits per heavy atom. The van der Waals surface area contributed by atoms with Crippen LogP contribution in [0.1, 0.15) is 0 Å². The van der Waals surface area contributed by atoms with Gasteiger partial charge in [0.2, 0.25) is 0 Å². The lowest BCUT2D eigenvalue weighted by atomic mass is 10.2. The molecule has 30 heavy (non-hydrogen) atoms. The Balaban J connectivity index is 1.12. The topological polar surface area (TPSA) is 77.5 Å². The Labute approximate surface area is 170 Å². The van der Waals surface area contributed by atoms with E-state index in [9.17, 15) is 18.4 Å². The molecule has 2 aromatic rings. The van der Waals surface area contributed by atoms with Gasteiger partial charge in [-0.1, -0.05) is 12.1 Å². The molecule has 0 aliphatic carbocycles. The zero-order valence-electron chi connectivity index (χ0n) is 15.7. The number of nitrogens with zero attached hydrogens (tertiary/aromatic N) is 2. The van der Waals surface area contributed by atoms with Gasteiger partial charge in [0, 0.05) is 12.1 Å². The zero-order chi connectivity index (χ0) is 21.1. The average molecular weight is 420 g/mol. The lowest BCUT2D eigenvalue weighted by Crippen LogP contribution is -2.56. The van der Waals surface area contributed by atoms with Gasteiger partial charge in [-0.2, -0.15) is 0 Å². The van der Waals surface area contributed by atoms with E-state index in [0.717, 1.165) is 0 Å². The van der Waals surface area contributed by atoms with Crippen LogP contribution < -0.4 is 9.47 Å². The van der Waals surface area contributed by atoms with Crippen LogP contribution in [0.25, 0.3) is 0 Å². The normalized spacial score (nSPS) is 17.5. The van der Waals surface area contributed by atoms with Crippen molar-refractivity contribution in [3.05, 3.63) is 60.2 Å². The molecule has 0 radical (unpaired) electrons. The predicted molar refractivity (Wildman–Crippen MR) is 97.0 cm³/mol. The molecule has 0 spiro atoms. The standard InChI is InChI=1S/C20H18F2N2O6/c21-13-3-1-5-15(7-13)27-17-9-23(10-17)29-19(25)20(26)30-24-11-18(12-24)28-16-6-2-4-14(22)8-16/h1-8,17-18H,9-12H2. The fraction of sp³-hybridized carbons (Fsp3) is 0.300. The van der Waals surface area contributed by atoms with E-state index < -0.39 is 23.6 Å². The molecule has 8 nitrogen and oxygen atoms in total. The summed E-state index contributed by atoms with van der Waals surface area (Å²) in [5.74, 6) is -2.39. The first kappa shape index (κ1) is 20.0. The number of benzene rings is 2. The molecule has 0 atom stereocenters. The van der Waals surface area contributed by atoms with Crippen LogP contribution in [0.4, 0.5) is 8.78 Å². The van der Waals surface area contributed by atoms with Crippen molar-refractivity contribution >= 4 is 11.9 Å². The van der Waals surface area contributed by atoms with Crippen molar-refractivity contribution in [1.82, 2.24) is 10.1 Å². The number of hydroxylamine groups is 4. The number of halogens is 2. The minimum absolute atomic E-state index is 0.239. The van der Waals surface area contributed by atoms with Gasteiger partial charge in [0.25, 0.3) is 0 Å². The van der Waals surface area contributed by atoms with Crippen LogP contribution in [-0.2, 0) is 19.3 Å². The number of hydrogen-bond donors (Lipinski definition) is 0. The van der Waals surface area contributed by atoms with E-state index in [2.05, 4.69) is 0 Å². The third-order valence-electron chi connectivity index (χ3n) is 4.42. The maximum atomic E-state index is 13.1. The highest BCUT2D eigenvalue weighted by atomic mass is 19.1. The Bertz CT molecular complexity index is 856. The molecule has 0 saturated carbocycles. The first-order valence-electron chi connectivity index (χ1n) is 9.23. The van der Waals surface area contributed by atoms with Crippen LogP contribution in [0.15, 0.2) is 48.5 Å². The van der Waals surface area contributed by atoms with Crippen molar-refractivity contribution in [3.63, 3.8) is 0 Å². The molecule has 2 aliphatic heterocycles. The summed E-state index contributed by atoms with van der Waals surface area (Å²) in [5.41, 5.74) is 0. The molecule has 0 unspecified atom stereocenters. The van der Waals surface area contributed by atoms with Gasteiger partial charge in [0.1, 0.15) is 35.3 Å². The quantitative estimate of drug-likeness (QED) is 0.654. The van der Waals surface area contributed by atoms with E-state index in [4.69, 9.17) is 19.1 Å². The summed E-state index contributed by atoms with van der Waals surface area (Å²) in [4.78, 5) is 33.4. The molecule has 4 rings (SSSR count). The molecule has 2 fully saturated rings. The van der Waals surface area contributed by atoms with E-state index in [1.54, 1.807) is 12.1 Å². The Kier molecular flexibility index (Phi) is 5.77. The molecule has 0 bridgehead atoms. The minimum atomic E-state index is -1.16. The van der Waals surface area contributed by atoms with E-state index in [-0.39, 0.29) is 38.4 Å². The minimum Gasteiger partial charge on any atom is -0.487 e. The lowest BCUT2D eigenvalue weighted by molar-refractivity contribution is -0.250. The Morgan fingerprint density at radius 3 is 1.50 bits per heavy atom. The number of ether oxygens (including phenoxy) is 2. The van der Waals surface area contributed by atoms with E-state index in [1.165, 1.54) is 46.5 Å². The van der Waals surface area contributed by atoms with Gasteiger partial charge in [-0.05, 0) is 24.3 Å². The summed E-state index contributed by atoms with van der Waals surface area (Å²) in [7, 11) is 0. The number of carbonyl (C=O) groups is 2. The van der Waals surface area contributed by atoms with Crippen LogP contribution in [0.5, 0.6) is 11.5 Å². The molecule has 0 amide bonds. The smallest absolute Gasteiger partial charge is 0.438 e. The summed E-state index contributed by atoms with van der Waals surface area (Å²) in [6.07, 6.45) is -0.571. The number of hydrogen-bond acceptors (Lipinski definition) is 8. The van der Waals surface area contributed by atoms with Crippen LogP contribution >= 0.6 is 0 Å². The highest BCUT2D eigenvalue weighted by molar-refractivity contribution is 6.29. The maximum absolute atomic E-state index is 13.1. The van der Waals surface area contributed by atoms with Gasteiger partial charge < -0.3 is 19.1 Å². The van der Waals surface area contributed by atoms with Crippen LogP contribution in [0, 0.1) is 11.6 Å².